The van der Waals surface area contributed by atoms with Crippen molar-refractivity contribution in [3.63, 3.8) is 0 Å². The van der Waals surface area contributed by atoms with E-state index in [1.807, 2.05) is 36.1 Å². The van der Waals surface area contributed by atoms with E-state index in [9.17, 15) is 9.59 Å². The van der Waals surface area contributed by atoms with Crippen LogP contribution in [0, 0.1) is 13.8 Å². The molecule has 138 valence electrons. The Morgan fingerprint density at radius 3 is 2.12 bits per heavy atom. The molecule has 1 aromatic heterocycles. The second-order valence-corrected chi connectivity index (χ2v) is 7.04. The summed E-state index contributed by atoms with van der Waals surface area (Å²) in [5, 5.41) is 0. The molecule has 1 atom stereocenters. The normalized spacial score (nSPS) is 15.8. The smallest absolute Gasteiger partial charge is 0.255 e. The topological polar surface area (TPSA) is 45.6 Å². The van der Waals surface area contributed by atoms with Crippen molar-refractivity contribution in [2.45, 2.75) is 33.7 Å². The number of rotatable bonds is 3. The summed E-state index contributed by atoms with van der Waals surface area (Å²) in [6.45, 7) is 10.2. The van der Waals surface area contributed by atoms with Gasteiger partial charge in [-0.25, -0.2) is 0 Å². The van der Waals surface area contributed by atoms with Gasteiger partial charge in [-0.05, 0) is 32.4 Å². The Bertz CT molecular complexity index is 802. The first-order chi connectivity index (χ1) is 12.4. The van der Waals surface area contributed by atoms with Gasteiger partial charge in [-0.15, -0.1) is 0 Å². The van der Waals surface area contributed by atoms with Gasteiger partial charge in [0.15, 0.2) is 0 Å². The van der Waals surface area contributed by atoms with Crippen LogP contribution in [0.4, 0.5) is 0 Å². The molecule has 0 bridgehead atoms. The molecule has 1 aliphatic rings. The third kappa shape index (κ3) is 3.39. The molecule has 0 aliphatic carbocycles. The molecule has 26 heavy (non-hydrogen) atoms. The lowest BCUT2D eigenvalue weighted by Crippen LogP contribution is -2.50. The molecule has 0 spiro atoms. The summed E-state index contributed by atoms with van der Waals surface area (Å²) in [7, 11) is 0. The maximum atomic E-state index is 13.0. The van der Waals surface area contributed by atoms with Crippen LogP contribution < -0.4 is 0 Å². The lowest BCUT2D eigenvalue weighted by molar-refractivity contribution is -0.130. The van der Waals surface area contributed by atoms with E-state index in [1.165, 1.54) is 5.56 Å². The minimum Gasteiger partial charge on any atom is -0.341 e. The Labute approximate surface area is 155 Å². The minimum atomic E-state index is 0.0628. The fraction of sp³-hybridized carbons (Fsp3) is 0.429. The second kappa shape index (κ2) is 7.36. The molecule has 1 unspecified atom stereocenters. The molecule has 5 nitrogen and oxygen atoms in total. The number of benzene rings is 1. The highest BCUT2D eigenvalue weighted by molar-refractivity contribution is 5.96. The first-order valence-corrected chi connectivity index (χ1v) is 9.18. The van der Waals surface area contributed by atoms with Gasteiger partial charge in [0, 0.05) is 44.5 Å². The molecule has 3 rings (SSSR count). The Morgan fingerprint density at radius 2 is 1.54 bits per heavy atom. The van der Waals surface area contributed by atoms with E-state index in [-0.39, 0.29) is 17.9 Å². The maximum absolute atomic E-state index is 13.0. The summed E-state index contributed by atoms with van der Waals surface area (Å²) in [5.41, 5.74) is 4.08. The molecule has 2 amide bonds. The number of amides is 2. The molecule has 0 N–H and O–H groups in total. The molecular formula is C21H27N3O2. The van der Waals surface area contributed by atoms with Gasteiger partial charge in [0.1, 0.15) is 0 Å². The summed E-state index contributed by atoms with van der Waals surface area (Å²) in [4.78, 5) is 28.2. The average molecular weight is 353 g/mol. The van der Waals surface area contributed by atoms with Crippen molar-refractivity contribution >= 4 is 11.8 Å². The van der Waals surface area contributed by atoms with Crippen LogP contribution in [0.25, 0.3) is 0 Å². The van der Waals surface area contributed by atoms with Gasteiger partial charge in [-0.3, -0.25) is 9.59 Å². The summed E-state index contributed by atoms with van der Waals surface area (Å²) in [6, 6.07) is 12.5. The fourth-order valence-corrected chi connectivity index (χ4v) is 3.86. The number of nitrogens with zero attached hydrogens (tertiary/aromatic N) is 3. The van der Waals surface area contributed by atoms with Crippen molar-refractivity contribution in [1.82, 2.24) is 14.4 Å². The largest absolute Gasteiger partial charge is 0.341 e. The van der Waals surface area contributed by atoms with Crippen molar-refractivity contribution in [2.75, 3.05) is 26.2 Å². The highest BCUT2D eigenvalue weighted by atomic mass is 16.2. The summed E-state index contributed by atoms with van der Waals surface area (Å²) < 4.78 is 2.23. The first-order valence-electron chi connectivity index (χ1n) is 9.18. The molecule has 0 saturated carbocycles. The molecule has 2 aromatic rings. The van der Waals surface area contributed by atoms with Gasteiger partial charge in [-0.2, -0.15) is 0 Å². The molecule has 1 aromatic carbocycles. The van der Waals surface area contributed by atoms with E-state index in [1.54, 1.807) is 11.8 Å². The number of hydrogen-bond donors (Lipinski definition) is 0. The predicted molar refractivity (Wildman–Crippen MR) is 102 cm³/mol. The van der Waals surface area contributed by atoms with Crippen LogP contribution in [0.1, 0.15) is 47.2 Å². The van der Waals surface area contributed by atoms with E-state index in [4.69, 9.17) is 0 Å². The number of hydrogen-bond acceptors (Lipinski definition) is 2. The average Bonchev–Trinajstić information content (AvgIpc) is 2.95. The molecule has 1 aliphatic heterocycles. The lowest BCUT2D eigenvalue weighted by Gasteiger charge is -2.34. The molecule has 1 fully saturated rings. The minimum absolute atomic E-state index is 0.0628. The Kier molecular flexibility index (Phi) is 5.16. The van der Waals surface area contributed by atoms with Gasteiger partial charge in [-0.1, -0.05) is 30.3 Å². The second-order valence-electron chi connectivity index (χ2n) is 7.04. The van der Waals surface area contributed by atoms with Crippen LogP contribution in [-0.4, -0.2) is 52.4 Å². The van der Waals surface area contributed by atoms with Gasteiger partial charge in [0.2, 0.25) is 5.91 Å². The zero-order chi connectivity index (χ0) is 18.8. The zero-order valence-electron chi connectivity index (χ0n) is 16.0. The van der Waals surface area contributed by atoms with Gasteiger partial charge < -0.3 is 14.4 Å². The van der Waals surface area contributed by atoms with Crippen LogP contribution in [0.15, 0.2) is 36.4 Å². The van der Waals surface area contributed by atoms with Crippen LogP contribution in [-0.2, 0) is 4.79 Å². The maximum Gasteiger partial charge on any atom is 0.255 e. The molecule has 2 heterocycles. The van der Waals surface area contributed by atoms with Gasteiger partial charge >= 0.3 is 0 Å². The first kappa shape index (κ1) is 18.2. The SMILES string of the molecule is CC(=O)N1CCN(C(=O)c2cc(C)n(C(C)c3ccccc3)c2C)CC1. The number of carbonyl (C=O) groups excluding carboxylic acids is 2. The van der Waals surface area contributed by atoms with E-state index in [0.717, 1.165) is 17.0 Å². The summed E-state index contributed by atoms with van der Waals surface area (Å²) >= 11 is 0. The lowest BCUT2D eigenvalue weighted by atomic mass is 10.1. The summed E-state index contributed by atoms with van der Waals surface area (Å²) in [5.74, 6) is 0.139. The number of piperazine rings is 1. The number of aryl methyl sites for hydroxylation is 1. The molecule has 1 saturated heterocycles. The van der Waals surface area contributed by atoms with Crippen molar-refractivity contribution in [3.8, 4) is 0 Å². The van der Waals surface area contributed by atoms with Crippen LogP contribution in [0.5, 0.6) is 0 Å². The highest BCUT2D eigenvalue weighted by Gasteiger charge is 2.26. The molecule has 0 radical (unpaired) electrons. The standard InChI is InChI=1S/C21H27N3O2/c1-15-14-20(21(26)23-12-10-22(11-13-23)18(4)25)17(3)24(15)16(2)19-8-6-5-7-9-19/h5-9,14,16H,10-13H2,1-4H3. The van der Waals surface area contributed by atoms with Crippen molar-refractivity contribution < 1.29 is 9.59 Å². The number of carbonyl (C=O) groups is 2. The van der Waals surface area contributed by atoms with Crippen LogP contribution >= 0.6 is 0 Å². The van der Waals surface area contributed by atoms with Gasteiger partial charge in [0.05, 0.1) is 11.6 Å². The Morgan fingerprint density at radius 1 is 0.962 bits per heavy atom. The number of aromatic nitrogens is 1. The Balaban J connectivity index is 1.82. The van der Waals surface area contributed by atoms with Gasteiger partial charge in [0.25, 0.3) is 5.91 Å². The van der Waals surface area contributed by atoms with E-state index < -0.39 is 0 Å². The van der Waals surface area contributed by atoms with Crippen LogP contribution in [0.2, 0.25) is 0 Å². The van der Waals surface area contributed by atoms with Crippen LogP contribution in [0.3, 0.4) is 0 Å². The summed E-state index contributed by atoms with van der Waals surface area (Å²) in [6.07, 6.45) is 0. The van der Waals surface area contributed by atoms with Crippen molar-refractivity contribution in [2.24, 2.45) is 0 Å². The predicted octanol–water partition coefficient (Wildman–Crippen LogP) is 3.02. The fourth-order valence-electron chi connectivity index (χ4n) is 3.86. The highest BCUT2D eigenvalue weighted by Crippen LogP contribution is 2.26. The van der Waals surface area contributed by atoms with Crippen molar-refractivity contribution in [3.05, 3.63) is 58.9 Å². The molecular weight excluding hydrogens is 326 g/mol. The van der Waals surface area contributed by atoms with E-state index >= 15 is 0 Å². The van der Waals surface area contributed by atoms with Crippen molar-refractivity contribution in [1.29, 1.82) is 0 Å². The quantitative estimate of drug-likeness (QED) is 0.851. The third-order valence-electron chi connectivity index (χ3n) is 5.40. The third-order valence-corrected chi connectivity index (χ3v) is 5.40. The molecule has 5 heteroatoms. The van der Waals surface area contributed by atoms with E-state index in [2.05, 4.69) is 30.5 Å². The zero-order valence-corrected chi connectivity index (χ0v) is 16.0. The van der Waals surface area contributed by atoms with E-state index in [0.29, 0.717) is 26.2 Å². The monoisotopic (exact) mass is 353 g/mol. The Hall–Kier alpha value is -2.56.